The van der Waals surface area contributed by atoms with Gasteiger partial charge in [0.1, 0.15) is 6.61 Å². The first-order valence-corrected chi connectivity index (χ1v) is 8.20. The van der Waals surface area contributed by atoms with Gasteiger partial charge in [-0.1, -0.05) is 44.2 Å². The molecule has 0 aromatic heterocycles. The number of ether oxygens (including phenoxy) is 1. The fourth-order valence-electron chi connectivity index (χ4n) is 2.41. The van der Waals surface area contributed by atoms with E-state index in [1.807, 2.05) is 47.0 Å². The van der Waals surface area contributed by atoms with E-state index < -0.39 is 0 Å². The van der Waals surface area contributed by atoms with Crippen LogP contribution in [0.25, 0.3) is 0 Å². The van der Waals surface area contributed by atoms with Crippen LogP contribution in [0, 0.1) is 0 Å². The molecule has 1 amide bonds. The first kappa shape index (κ1) is 15.2. The van der Waals surface area contributed by atoms with Crippen LogP contribution in [0.5, 0.6) is 0 Å². The Hall–Kier alpha value is -1.16. The van der Waals surface area contributed by atoms with E-state index in [0.29, 0.717) is 17.1 Å². The molecule has 1 aromatic carbocycles. The number of amides is 1. The Kier molecular flexibility index (Phi) is 5.77. The highest BCUT2D eigenvalue weighted by atomic mass is 32.2. The molecule has 4 heteroatoms. The van der Waals surface area contributed by atoms with Gasteiger partial charge in [0, 0.05) is 18.3 Å². The van der Waals surface area contributed by atoms with Gasteiger partial charge in [0.25, 0.3) is 0 Å². The minimum atomic E-state index is -0.178. The molecule has 0 bridgehead atoms. The van der Waals surface area contributed by atoms with Gasteiger partial charge in [-0.3, -0.25) is 0 Å². The molecule has 1 saturated heterocycles. The Morgan fingerprint density at radius 2 is 2.15 bits per heavy atom. The normalized spacial score (nSPS) is 19.1. The summed E-state index contributed by atoms with van der Waals surface area (Å²) in [4.78, 5) is 14.0. The van der Waals surface area contributed by atoms with E-state index in [1.165, 1.54) is 6.42 Å². The zero-order chi connectivity index (χ0) is 14.4. The van der Waals surface area contributed by atoms with E-state index in [-0.39, 0.29) is 6.09 Å². The van der Waals surface area contributed by atoms with Gasteiger partial charge >= 0.3 is 6.09 Å². The maximum absolute atomic E-state index is 12.1. The molecule has 0 radical (unpaired) electrons. The van der Waals surface area contributed by atoms with Crippen LogP contribution < -0.4 is 0 Å². The summed E-state index contributed by atoms with van der Waals surface area (Å²) in [7, 11) is 0. The number of carbonyl (C=O) groups excluding carboxylic acids is 1. The number of piperidine rings is 1. The number of thioether (sulfide) groups is 1. The molecular weight excluding hydrogens is 270 g/mol. The Morgan fingerprint density at radius 1 is 1.40 bits per heavy atom. The van der Waals surface area contributed by atoms with Crippen LogP contribution in [-0.2, 0) is 11.3 Å². The molecule has 3 nitrogen and oxygen atoms in total. The highest BCUT2D eigenvalue weighted by Crippen LogP contribution is 2.26. The maximum atomic E-state index is 12.1. The topological polar surface area (TPSA) is 29.5 Å². The summed E-state index contributed by atoms with van der Waals surface area (Å²) in [5.41, 5.74) is 1.03. The smallest absolute Gasteiger partial charge is 0.410 e. The number of carbonyl (C=O) groups is 1. The van der Waals surface area contributed by atoms with Crippen LogP contribution >= 0.6 is 11.8 Å². The van der Waals surface area contributed by atoms with Gasteiger partial charge in [-0.2, -0.15) is 11.8 Å². The summed E-state index contributed by atoms with van der Waals surface area (Å²) in [5, 5.41) is 1.16. The number of likely N-dealkylation sites (tertiary alicyclic amines) is 1. The highest BCUT2D eigenvalue weighted by molar-refractivity contribution is 8.00. The minimum Gasteiger partial charge on any atom is -0.445 e. The van der Waals surface area contributed by atoms with Gasteiger partial charge in [0.05, 0.1) is 0 Å². The van der Waals surface area contributed by atoms with Gasteiger partial charge in [0.2, 0.25) is 0 Å². The third-order valence-corrected chi connectivity index (χ3v) is 4.62. The summed E-state index contributed by atoms with van der Waals surface area (Å²) in [6, 6.07) is 9.82. The standard InChI is InChI=1S/C16H23NO2S/c1-13(2)20-15-9-6-10-17(11-15)16(18)19-12-14-7-4-3-5-8-14/h3-5,7-8,13,15H,6,9-12H2,1-2H3. The van der Waals surface area contributed by atoms with E-state index in [0.717, 1.165) is 25.1 Å². The Morgan fingerprint density at radius 3 is 2.85 bits per heavy atom. The van der Waals surface area contributed by atoms with Crippen molar-refractivity contribution in [3.63, 3.8) is 0 Å². The summed E-state index contributed by atoms with van der Waals surface area (Å²) < 4.78 is 5.40. The zero-order valence-corrected chi connectivity index (χ0v) is 13.1. The third kappa shape index (κ3) is 4.75. The van der Waals surface area contributed by atoms with E-state index in [1.54, 1.807) is 0 Å². The van der Waals surface area contributed by atoms with E-state index in [9.17, 15) is 4.79 Å². The molecule has 1 unspecified atom stereocenters. The second kappa shape index (κ2) is 7.58. The molecule has 1 aromatic rings. The fourth-order valence-corrected chi connectivity index (χ4v) is 3.75. The maximum Gasteiger partial charge on any atom is 0.410 e. The van der Waals surface area contributed by atoms with Crippen molar-refractivity contribution in [3.05, 3.63) is 35.9 Å². The monoisotopic (exact) mass is 293 g/mol. The first-order chi connectivity index (χ1) is 9.65. The second-order valence-electron chi connectivity index (χ2n) is 5.44. The Balaban J connectivity index is 1.80. The van der Waals surface area contributed by atoms with Crippen molar-refractivity contribution in [1.82, 2.24) is 4.90 Å². The predicted octanol–water partition coefficient (Wildman–Crippen LogP) is 3.93. The molecule has 1 aliphatic heterocycles. The number of nitrogens with zero attached hydrogens (tertiary/aromatic N) is 1. The molecule has 1 fully saturated rings. The van der Waals surface area contributed by atoms with Gasteiger partial charge in [0.15, 0.2) is 0 Å². The lowest BCUT2D eigenvalue weighted by Gasteiger charge is -2.32. The van der Waals surface area contributed by atoms with Crippen LogP contribution in [0.15, 0.2) is 30.3 Å². The van der Waals surface area contributed by atoms with Crippen LogP contribution in [-0.4, -0.2) is 34.6 Å². The largest absolute Gasteiger partial charge is 0.445 e. The lowest BCUT2D eigenvalue weighted by atomic mass is 10.1. The summed E-state index contributed by atoms with van der Waals surface area (Å²) in [6.45, 7) is 6.41. The molecule has 0 spiro atoms. The van der Waals surface area contributed by atoms with Crippen molar-refractivity contribution in [1.29, 1.82) is 0 Å². The molecule has 1 atom stereocenters. The Labute approximate surface area is 125 Å². The van der Waals surface area contributed by atoms with Gasteiger partial charge in [-0.05, 0) is 23.7 Å². The average molecular weight is 293 g/mol. The second-order valence-corrected chi connectivity index (χ2v) is 7.32. The van der Waals surface area contributed by atoms with E-state index >= 15 is 0 Å². The molecule has 0 aliphatic carbocycles. The molecule has 1 heterocycles. The van der Waals surface area contributed by atoms with Crippen molar-refractivity contribution >= 4 is 17.9 Å². The van der Waals surface area contributed by atoms with Crippen molar-refractivity contribution in [3.8, 4) is 0 Å². The van der Waals surface area contributed by atoms with Crippen molar-refractivity contribution in [2.45, 2.75) is 43.8 Å². The van der Waals surface area contributed by atoms with Gasteiger partial charge in [-0.25, -0.2) is 4.79 Å². The lowest BCUT2D eigenvalue weighted by Crippen LogP contribution is -2.41. The third-order valence-electron chi connectivity index (χ3n) is 3.31. The lowest BCUT2D eigenvalue weighted by molar-refractivity contribution is 0.0903. The number of hydrogen-bond acceptors (Lipinski definition) is 3. The summed E-state index contributed by atoms with van der Waals surface area (Å²) >= 11 is 1.96. The Bertz CT molecular complexity index is 422. The SMILES string of the molecule is CC(C)SC1CCCN(C(=O)OCc2ccccc2)C1. The van der Waals surface area contributed by atoms with E-state index in [2.05, 4.69) is 13.8 Å². The van der Waals surface area contributed by atoms with Gasteiger partial charge in [-0.15, -0.1) is 0 Å². The minimum absolute atomic E-state index is 0.178. The number of rotatable bonds is 4. The highest BCUT2D eigenvalue weighted by Gasteiger charge is 2.25. The number of hydrogen-bond donors (Lipinski definition) is 0. The molecule has 0 N–H and O–H groups in total. The van der Waals surface area contributed by atoms with Crippen molar-refractivity contribution < 1.29 is 9.53 Å². The molecule has 2 rings (SSSR count). The van der Waals surface area contributed by atoms with Crippen LogP contribution in [0.4, 0.5) is 4.79 Å². The molecule has 0 saturated carbocycles. The molecule has 110 valence electrons. The predicted molar refractivity (Wildman–Crippen MR) is 83.9 cm³/mol. The van der Waals surface area contributed by atoms with Crippen molar-refractivity contribution in [2.75, 3.05) is 13.1 Å². The van der Waals surface area contributed by atoms with E-state index in [4.69, 9.17) is 4.74 Å². The fraction of sp³-hybridized carbons (Fsp3) is 0.562. The average Bonchev–Trinajstić information content (AvgIpc) is 2.45. The summed E-state index contributed by atoms with van der Waals surface area (Å²) in [6.07, 6.45) is 2.10. The molecule has 20 heavy (non-hydrogen) atoms. The van der Waals surface area contributed by atoms with Gasteiger partial charge < -0.3 is 9.64 Å². The van der Waals surface area contributed by atoms with Crippen LogP contribution in [0.3, 0.4) is 0 Å². The summed E-state index contributed by atoms with van der Waals surface area (Å²) in [5.74, 6) is 0. The quantitative estimate of drug-likeness (QED) is 0.842. The molecule has 1 aliphatic rings. The first-order valence-electron chi connectivity index (χ1n) is 7.26. The van der Waals surface area contributed by atoms with Crippen molar-refractivity contribution in [2.24, 2.45) is 0 Å². The zero-order valence-electron chi connectivity index (χ0n) is 12.2. The van der Waals surface area contributed by atoms with Crippen LogP contribution in [0.1, 0.15) is 32.3 Å². The van der Waals surface area contributed by atoms with Crippen LogP contribution in [0.2, 0.25) is 0 Å². The number of benzene rings is 1. The molecular formula is C16H23NO2S.